The second-order valence-electron chi connectivity index (χ2n) is 0.289. The van der Waals surface area contributed by atoms with Crippen molar-refractivity contribution in [1.82, 2.24) is 0 Å². The molecule has 0 aliphatic rings. The molecule has 0 N–H and O–H groups in total. The zero-order chi connectivity index (χ0) is 3.58. The Labute approximate surface area is 134 Å². The van der Waals surface area contributed by atoms with Crippen molar-refractivity contribution in [3.63, 3.8) is 0 Å². The van der Waals surface area contributed by atoms with Crippen molar-refractivity contribution in [1.29, 1.82) is 0 Å². The summed E-state index contributed by atoms with van der Waals surface area (Å²) in [5.41, 5.74) is 0. The molecule has 0 aliphatic heterocycles. The summed E-state index contributed by atoms with van der Waals surface area (Å²) in [7, 11) is -2.92. The van der Waals surface area contributed by atoms with E-state index in [-0.39, 0.29) is 115 Å². The van der Waals surface area contributed by atoms with Gasteiger partial charge in [-0.05, 0) is 0 Å². The Bertz CT molecular complexity index is 19.7. The third-order valence-electron chi connectivity index (χ3n) is 0. The normalized spacial score (nSPS) is 3.86. The van der Waals surface area contributed by atoms with E-state index in [1.165, 1.54) is 0 Å². The molecule has 0 fully saturated rings. The maximum atomic E-state index is 8.42. The molecule has 0 heterocycles. The van der Waals surface area contributed by atoms with E-state index in [4.69, 9.17) is 15.1 Å². The summed E-state index contributed by atoms with van der Waals surface area (Å²) in [5, 5.41) is 25.2. The third kappa shape index (κ3) is 42.4. The maximum absolute atomic E-state index is 8.42. The van der Waals surface area contributed by atoms with Crippen LogP contribution in [0.1, 0.15) is 0 Å². The molecular formula is BKO3SrV. The second kappa shape index (κ2) is 16.3. The Balaban J connectivity index is -0.0000000150. The fraction of sp³-hybridized carbons (Fsp3) is 0. The van der Waals surface area contributed by atoms with Gasteiger partial charge in [0.1, 0.15) is 0 Å². The molecule has 0 unspecified atom stereocenters. The van der Waals surface area contributed by atoms with Crippen LogP contribution in [0, 0.1) is 0 Å². The number of hydrogen-bond donors (Lipinski definition) is 0. The van der Waals surface area contributed by atoms with Crippen LogP contribution in [0.25, 0.3) is 0 Å². The molecule has 0 aromatic carbocycles. The number of hydrogen-bond acceptors (Lipinski definition) is 3. The summed E-state index contributed by atoms with van der Waals surface area (Å²) in [4.78, 5) is 0. The van der Waals surface area contributed by atoms with Gasteiger partial charge in [-0.15, -0.1) is 0 Å². The van der Waals surface area contributed by atoms with Gasteiger partial charge in [0.15, 0.2) is 0 Å². The van der Waals surface area contributed by atoms with Crippen molar-refractivity contribution in [3.05, 3.63) is 0 Å². The smallest absolute Gasteiger partial charge is 0.907 e. The maximum Gasteiger partial charge on any atom is 2.00 e. The predicted octanol–water partition coefficient (Wildman–Crippen LogP) is -7.33. The largest absolute Gasteiger partial charge is 2.00 e. The average molecular weight is 236 g/mol. The van der Waals surface area contributed by atoms with E-state index in [2.05, 4.69) is 0 Å². The Morgan fingerprint density at radius 1 is 1.00 bits per heavy atom. The van der Waals surface area contributed by atoms with E-state index in [1.807, 2.05) is 0 Å². The molecule has 7 heteroatoms. The summed E-state index contributed by atoms with van der Waals surface area (Å²) in [5.74, 6) is 0. The second-order valence-corrected chi connectivity index (χ2v) is 0.289. The summed E-state index contributed by atoms with van der Waals surface area (Å²) >= 11 is 0. The molecule has 0 aromatic heterocycles. The Kier molecular flexibility index (Phi) is 52.3. The first kappa shape index (κ1) is 22.4. The first-order valence-electron chi connectivity index (χ1n) is 0.707. The molecule has 0 saturated heterocycles. The van der Waals surface area contributed by atoms with E-state index in [9.17, 15) is 0 Å². The minimum atomic E-state index is -2.92. The van der Waals surface area contributed by atoms with Crippen LogP contribution in [0.5, 0.6) is 0 Å². The van der Waals surface area contributed by atoms with E-state index >= 15 is 0 Å². The average Bonchev–Trinajstić information content (AvgIpc) is 0.811. The molecule has 0 aromatic rings. The quantitative estimate of drug-likeness (QED) is 0.393. The van der Waals surface area contributed by atoms with Crippen LogP contribution in [-0.2, 0) is 18.6 Å². The topological polar surface area (TPSA) is 69.2 Å². The van der Waals surface area contributed by atoms with Crippen LogP contribution in [-0.4, -0.2) is 52.8 Å². The van der Waals surface area contributed by atoms with Crippen molar-refractivity contribution in [2.24, 2.45) is 0 Å². The van der Waals surface area contributed by atoms with Crippen LogP contribution < -0.4 is 66.5 Å². The van der Waals surface area contributed by atoms with Crippen LogP contribution in [0.2, 0.25) is 0 Å². The Morgan fingerprint density at radius 2 is 1.00 bits per heavy atom. The zero-order valence-corrected chi connectivity index (χ0v) is 12.0. The SMILES string of the molecule is [K+].[O-]B([O-])[O-].[Sr+2].[V]. The fourth-order valence-corrected chi connectivity index (χ4v) is 0. The van der Waals surface area contributed by atoms with Crippen LogP contribution in [0.15, 0.2) is 0 Å². The Morgan fingerprint density at radius 3 is 1.00 bits per heavy atom. The van der Waals surface area contributed by atoms with Gasteiger partial charge in [-0.25, -0.2) is 0 Å². The van der Waals surface area contributed by atoms with Gasteiger partial charge in [0.05, 0.1) is 0 Å². The van der Waals surface area contributed by atoms with E-state index in [1.54, 1.807) is 0 Å². The van der Waals surface area contributed by atoms with Gasteiger partial charge in [0.2, 0.25) is 0 Å². The zero-order valence-electron chi connectivity index (χ0n) is 3.96. The summed E-state index contributed by atoms with van der Waals surface area (Å²) in [6, 6.07) is 0. The van der Waals surface area contributed by atoms with Crippen molar-refractivity contribution in [3.8, 4) is 0 Å². The van der Waals surface area contributed by atoms with E-state index in [0.29, 0.717) is 0 Å². The molecular weight excluding hydrogens is 236 g/mol. The molecule has 7 heavy (non-hydrogen) atoms. The van der Waals surface area contributed by atoms with Gasteiger partial charge in [0.25, 0.3) is 0 Å². The van der Waals surface area contributed by atoms with Gasteiger partial charge in [-0.3, -0.25) is 7.32 Å². The van der Waals surface area contributed by atoms with Crippen molar-refractivity contribution < 1.29 is 85.0 Å². The van der Waals surface area contributed by atoms with Gasteiger partial charge in [0, 0.05) is 18.6 Å². The summed E-state index contributed by atoms with van der Waals surface area (Å²) < 4.78 is 0. The van der Waals surface area contributed by atoms with Gasteiger partial charge < -0.3 is 15.1 Å². The molecule has 0 amide bonds. The van der Waals surface area contributed by atoms with Crippen molar-refractivity contribution in [2.75, 3.05) is 0 Å². The third-order valence-corrected chi connectivity index (χ3v) is 0. The fourth-order valence-electron chi connectivity index (χ4n) is 0. The molecule has 0 atom stereocenters. The predicted molar refractivity (Wildman–Crippen MR) is 11.5 cm³/mol. The van der Waals surface area contributed by atoms with Gasteiger partial charge >= 0.3 is 96.9 Å². The molecule has 1 radical (unpaired) electrons. The molecule has 3 nitrogen and oxygen atoms in total. The van der Waals surface area contributed by atoms with Crippen LogP contribution in [0.3, 0.4) is 0 Å². The van der Waals surface area contributed by atoms with Crippen molar-refractivity contribution in [2.45, 2.75) is 0 Å². The number of rotatable bonds is 0. The van der Waals surface area contributed by atoms with E-state index < -0.39 is 7.32 Å². The molecule has 0 bridgehead atoms. The first-order chi connectivity index (χ1) is 1.73. The van der Waals surface area contributed by atoms with E-state index in [0.717, 1.165) is 0 Å². The summed E-state index contributed by atoms with van der Waals surface area (Å²) in [6.07, 6.45) is 0. The monoisotopic (exact) mass is 237 g/mol. The van der Waals surface area contributed by atoms with Gasteiger partial charge in [-0.1, -0.05) is 0 Å². The standard InChI is InChI=1S/BO3.K.Sr.V/c2-1(3)4;;;/q-3;+1;+2;. The summed E-state index contributed by atoms with van der Waals surface area (Å²) in [6.45, 7) is 0. The minimum Gasteiger partial charge on any atom is -0.907 e. The molecule has 0 aliphatic carbocycles. The van der Waals surface area contributed by atoms with Crippen molar-refractivity contribution >= 4 is 52.8 Å². The molecule has 0 saturated carbocycles. The molecule has 29 valence electrons. The van der Waals surface area contributed by atoms with Gasteiger partial charge in [-0.2, -0.15) is 0 Å². The van der Waals surface area contributed by atoms with Crippen LogP contribution in [0.4, 0.5) is 0 Å². The molecule has 0 spiro atoms. The minimum absolute atomic E-state index is 0. The van der Waals surface area contributed by atoms with Crippen LogP contribution >= 0.6 is 0 Å². The Hall–Kier alpha value is 3.65. The first-order valence-corrected chi connectivity index (χ1v) is 0.707. The molecule has 0 rings (SSSR count).